The van der Waals surface area contributed by atoms with Gasteiger partial charge in [0, 0.05) is 9.52 Å². The van der Waals surface area contributed by atoms with Crippen molar-refractivity contribution in [3.05, 3.63) is 14.9 Å². The summed E-state index contributed by atoms with van der Waals surface area (Å²) >= 11 is 0. The molecule has 0 radical (unpaired) electrons. The molecule has 0 unspecified atom stereocenters. The predicted octanol–water partition coefficient (Wildman–Crippen LogP) is 1.15. The largest absolute Gasteiger partial charge is 2.00 e. The first kappa shape index (κ1) is 28.4. The Morgan fingerprint density at radius 1 is 1.00 bits per heavy atom. The van der Waals surface area contributed by atoms with Crippen molar-refractivity contribution in [2.75, 3.05) is 0 Å². The second kappa shape index (κ2) is 38.7. The molecule has 0 heterocycles. The van der Waals surface area contributed by atoms with E-state index in [1.54, 1.807) is 0 Å². The average molecular weight is 138 g/mol. The minimum atomic E-state index is 0. The van der Waals surface area contributed by atoms with E-state index in [-0.39, 0.29) is 36.6 Å². The fourth-order valence-electron chi connectivity index (χ4n) is 0. The summed E-state index contributed by atoms with van der Waals surface area (Å²) in [6.07, 6.45) is 0. The molecule has 0 atom stereocenters. The molecule has 0 fully saturated rings. The van der Waals surface area contributed by atoms with Crippen LogP contribution in [-0.2, 0) is 21.7 Å². The minimum absolute atomic E-state index is 0. The molecule has 0 aromatic rings. The van der Waals surface area contributed by atoms with Crippen LogP contribution in [0.25, 0.3) is 0 Å². The molecule has 0 aliphatic heterocycles. The second-order valence-electron chi connectivity index (χ2n) is 0.707. The van der Waals surface area contributed by atoms with E-state index in [4.69, 9.17) is 0 Å². The van der Waals surface area contributed by atoms with Gasteiger partial charge in [0.05, 0.1) is 0 Å². The number of hydrogen-bond acceptors (Lipinski definition) is 0. The van der Waals surface area contributed by atoms with Crippen LogP contribution in [0.3, 0.4) is 0 Å². The van der Waals surface area contributed by atoms with Gasteiger partial charge in [-0.25, -0.2) is 0 Å². The molecule has 0 bridgehead atoms. The topological polar surface area (TPSA) is 0 Å². The van der Waals surface area contributed by atoms with Crippen LogP contribution in [0.5, 0.6) is 0 Å². The number of rotatable bonds is 0. The second-order valence-corrected chi connectivity index (χ2v) is 2.12. The Hall–Kier alpha value is 0.931. The maximum Gasteiger partial charge on any atom is 2.00 e. The van der Waals surface area contributed by atoms with Gasteiger partial charge in [-0.3, -0.25) is 0 Å². The first-order valence-electron chi connectivity index (χ1n) is 1.41. The van der Waals surface area contributed by atoms with Gasteiger partial charge in [-0.15, -0.1) is 0 Å². The van der Waals surface area contributed by atoms with E-state index >= 15 is 0 Å². The van der Waals surface area contributed by atoms with E-state index < -0.39 is 0 Å². The average Bonchev–Trinajstić information content (AvgIpc) is 0.918. The van der Waals surface area contributed by atoms with E-state index in [2.05, 4.69) is 13.1 Å². The molecule has 0 amide bonds. The Bertz CT molecular complexity index is 7.51. The van der Waals surface area contributed by atoms with Crippen LogP contribution in [-0.4, -0.2) is 9.52 Å². The van der Waals surface area contributed by atoms with Crippen molar-refractivity contribution in [1.29, 1.82) is 0 Å². The SMILES string of the molecule is C[SiH2]C.[CH3-].[CH3-].[Ti+2]. The molecule has 0 nitrogen and oxygen atoms in total. The van der Waals surface area contributed by atoms with Gasteiger partial charge in [0.2, 0.25) is 0 Å². The smallest absolute Gasteiger partial charge is 0.358 e. The summed E-state index contributed by atoms with van der Waals surface area (Å²) in [6.45, 7) is 4.53. The summed E-state index contributed by atoms with van der Waals surface area (Å²) in [6, 6.07) is 0. The molecule has 0 saturated carbocycles. The summed E-state index contributed by atoms with van der Waals surface area (Å²) in [5, 5.41) is 0. The Morgan fingerprint density at radius 3 is 1.00 bits per heavy atom. The maximum atomic E-state index is 2.26. The molecule has 0 saturated heterocycles. The molecule has 0 aliphatic carbocycles. The third-order valence-corrected chi connectivity index (χ3v) is 0. The van der Waals surface area contributed by atoms with E-state index in [1.807, 2.05) is 0 Å². The first-order chi connectivity index (χ1) is 1.41. The van der Waals surface area contributed by atoms with Crippen LogP contribution in [0.4, 0.5) is 0 Å². The summed E-state index contributed by atoms with van der Waals surface area (Å²) in [5.41, 5.74) is 0. The quantitative estimate of drug-likeness (QED) is 0.348. The van der Waals surface area contributed by atoms with Gasteiger partial charge in [0.15, 0.2) is 0 Å². The summed E-state index contributed by atoms with van der Waals surface area (Å²) in [7, 11) is 0.417. The molecule has 0 aromatic carbocycles. The summed E-state index contributed by atoms with van der Waals surface area (Å²) in [5.74, 6) is 0. The van der Waals surface area contributed by atoms with Crippen LogP contribution < -0.4 is 0 Å². The van der Waals surface area contributed by atoms with Gasteiger partial charge in [-0.2, -0.15) is 0 Å². The van der Waals surface area contributed by atoms with Crippen molar-refractivity contribution in [1.82, 2.24) is 0 Å². The fourth-order valence-corrected chi connectivity index (χ4v) is 0. The normalized spacial score (nSPS) is 3.00. The molecular weight excluding hydrogens is 124 g/mol. The molecule has 0 spiro atoms. The molecule has 0 rings (SSSR count). The van der Waals surface area contributed by atoms with Crippen molar-refractivity contribution in [2.24, 2.45) is 0 Å². The van der Waals surface area contributed by atoms with Gasteiger partial charge >= 0.3 is 21.7 Å². The van der Waals surface area contributed by atoms with Crippen LogP contribution in [0, 0.1) is 14.9 Å². The zero-order valence-electron chi connectivity index (χ0n) is 5.21. The Labute approximate surface area is 59.4 Å². The van der Waals surface area contributed by atoms with Gasteiger partial charge in [-0.05, 0) is 0 Å². The van der Waals surface area contributed by atoms with Crippen LogP contribution in [0.2, 0.25) is 13.1 Å². The zero-order chi connectivity index (χ0) is 2.71. The van der Waals surface area contributed by atoms with Crippen molar-refractivity contribution in [3.63, 3.8) is 0 Å². The molecular formula is C4H14SiTi. The Morgan fingerprint density at radius 2 is 1.00 bits per heavy atom. The van der Waals surface area contributed by atoms with E-state index in [0.717, 1.165) is 0 Å². The summed E-state index contributed by atoms with van der Waals surface area (Å²) < 4.78 is 0. The minimum Gasteiger partial charge on any atom is -0.358 e. The monoisotopic (exact) mass is 138 g/mol. The fraction of sp³-hybridized carbons (Fsp3) is 0.500. The Kier molecular flexibility index (Phi) is 183. The van der Waals surface area contributed by atoms with Gasteiger partial charge in [0.1, 0.15) is 0 Å². The van der Waals surface area contributed by atoms with Crippen molar-refractivity contribution < 1.29 is 21.7 Å². The maximum absolute atomic E-state index is 2.26. The van der Waals surface area contributed by atoms with Gasteiger partial charge in [-0.1, -0.05) is 13.1 Å². The summed E-state index contributed by atoms with van der Waals surface area (Å²) in [4.78, 5) is 0. The third kappa shape index (κ3) is 87.9. The predicted molar refractivity (Wildman–Crippen MR) is 33.1 cm³/mol. The van der Waals surface area contributed by atoms with Crippen LogP contribution >= 0.6 is 0 Å². The van der Waals surface area contributed by atoms with Crippen molar-refractivity contribution in [2.45, 2.75) is 13.1 Å². The molecule has 0 aromatic heterocycles. The molecule has 38 valence electrons. The van der Waals surface area contributed by atoms with E-state index in [1.165, 1.54) is 0 Å². The molecule has 6 heavy (non-hydrogen) atoms. The Balaban J connectivity index is -0.00000000667. The number of hydrogen-bond donors (Lipinski definition) is 0. The van der Waals surface area contributed by atoms with E-state index in [0.29, 0.717) is 9.52 Å². The zero-order valence-corrected chi connectivity index (χ0v) is 8.18. The standard InChI is InChI=1S/C2H8Si.2CH3.Ti/c1-3-2;;;/h3H2,1-2H3;2*1H3;/q;2*-1;+2. The van der Waals surface area contributed by atoms with Crippen molar-refractivity contribution in [3.8, 4) is 0 Å². The van der Waals surface area contributed by atoms with Gasteiger partial charge in [0.25, 0.3) is 0 Å². The van der Waals surface area contributed by atoms with Crippen LogP contribution in [0.15, 0.2) is 0 Å². The van der Waals surface area contributed by atoms with Crippen molar-refractivity contribution >= 4 is 9.52 Å². The third-order valence-electron chi connectivity index (χ3n) is 0. The van der Waals surface area contributed by atoms with Crippen LogP contribution in [0.1, 0.15) is 0 Å². The first-order valence-corrected chi connectivity index (χ1v) is 4.24. The van der Waals surface area contributed by atoms with E-state index in [9.17, 15) is 0 Å². The molecule has 0 aliphatic rings. The molecule has 2 heteroatoms. The molecule has 0 N–H and O–H groups in total. The van der Waals surface area contributed by atoms with Gasteiger partial charge < -0.3 is 14.9 Å².